The molecular formula is C69H60Cl2N6O15S3. The van der Waals surface area contributed by atoms with E-state index >= 15 is 0 Å². The average Bonchev–Trinajstić information content (AvgIpc) is 1.60. The molecule has 0 N–H and O–H groups in total. The minimum absolute atomic E-state index is 0.00994. The Labute approximate surface area is 567 Å². The highest BCUT2D eigenvalue weighted by Crippen LogP contribution is 2.55. The largest absolute Gasteiger partial charge is 0.459 e. The van der Waals surface area contributed by atoms with Gasteiger partial charge in [0.2, 0.25) is 0 Å². The van der Waals surface area contributed by atoms with E-state index in [-0.39, 0.29) is 30.9 Å². The molecule has 9 amide bonds. The Morgan fingerprint density at radius 3 is 1.03 bits per heavy atom. The number of benzene rings is 6. The molecule has 0 aromatic heterocycles. The van der Waals surface area contributed by atoms with Crippen LogP contribution in [0.4, 0.5) is 0 Å². The number of β-lactam (4-membered cyclic amide) rings is 3. The van der Waals surface area contributed by atoms with Crippen LogP contribution in [0.5, 0.6) is 0 Å². The predicted octanol–water partition coefficient (Wildman–Crippen LogP) is 8.75. The monoisotopic (exact) mass is 1380 g/mol. The topological polar surface area (TPSA) is 252 Å². The number of halogens is 2. The molecule has 1 unspecified atom stereocenters. The summed E-state index contributed by atoms with van der Waals surface area (Å²) >= 11 is 9.38. The molecule has 0 spiro atoms. The van der Waals surface area contributed by atoms with E-state index in [1.54, 1.807) is 86.6 Å². The number of hydrogen-bond acceptors (Lipinski definition) is 18. The van der Waals surface area contributed by atoms with Gasteiger partial charge >= 0.3 is 17.9 Å². The number of likely N-dealkylation sites (tertiary alicyclic amines) is 1. The lowest BCUT2D eigenvalue weighted by molar-refractivity contribution is -0.169. The summed E-state index contributed by atoms with van der Waals surface area (Å²) in [5.74, 6) is -6.13. The summed E-state index contributed by atoms with van der Waals surface area (Å²) in [7, 11) is 6.91. The molecule has 6 aromatic rings. The second-order valence-corrected chi connectivity index (χ2v) is 30.6. The van der Waals surface area contributed by atoms with Crippen LogP contribution in [0.2, 0.25) is 0 Å². The molecular weight excluding hydrogens is 1320 g/mol. The molecule has 6 aromatic carbocycles. The van der Waals surface area contributed by atoms with Crippen LogP contribution in [0.1, 0.15) is 120 Å². The van der Waals surface area contributed by atoms with E-state index < -0.39 is 138 Å². The summed E-state index contributed by atoms with van der Waals surface area (Å²) in [5.41, 5.74) is 3.03. The predicted molar refractivity (Wildman–Crippen MR) is 351 cm³/mol. The first kappa shape index (κ1) is 66.2. The first-order valence-corrected chi connectivity index (χ1v) is 33.9. The fourth-order valence-electron chi connectivity index (χ4n) is 13.0. The van der Waals surface area contributed by atoms with E-state index in [2.05, 4.69) is 0 Å². The minimum atomic E-state index is -1.22. The van der Waals surface area contributed by atoms with Gasteiger partial charge in [0, 0.05) is 9.49 Å². The van der Waals surface area contributed by atoms with Crippen molar-refractivity contribution in [2.24, 2.45) is 0 Å². The summed E-state index contributed by atoms with van der Waals surface area (Å²) < 4.78 is 14.3. The normalized spacial score (nSPS) is 24.2. The Bertz CT molecular complexity index is 3920. The fourth-order valence-corrected chi connectivity index (χ4v) is 17.3. The van der Waals surface area contributed by atoms with Crippen molar-refractivity contribution in [3.8, 4) is 0 Å². The fraction of sp³-hybridized carbons (Fsp3) is 0.304. The van der Waals surface area contributed by atoms with E-state index in [4.69, 9.17) is 36.5 Å². The molecule has 26 heteroatoms. The second-order valence-electron chi connectivity index (χ2n) is 24.9. The molecule has 0 saturated carbocycles. The van der Waals surface area contributed by atoms with Crippen molar-refractivity contribution in [1.82, 2.24) is 29.4 Å². The van der Waals surface area contributed by atoms with Gasteiger partial charge in [-0.15, -0.1) is 23.5 Å². The number of thioether (sulfide) groups is 2. The van der Waals surface area contributed by atoms with Crippen LogP contribution in [0.3, 0.4) is 0 Å². The first-order chi connectivity index (χ1) is 45.3. The first-order valence-electron chi connectivity index (χ1n) is 30.1. The molecule has 14 rings (SSSR count). The lowest BCUT2D eigenvalue weighted by atomic mass is 9.94. The zero-order valence-electron chi connectivity index (χ0n) is 51.7. The lowest BCUT2D eigenvalue weighted by Gasteiger charge is -2.51. The maximum Gasteiger partial charge on any atom is 0.330 e. The van der Waals surface area contributed by atoms with Crippen LogP contribution in [0.25, 0.3) is 0 Å². The highest BCUT2D eigenvalue weighted by Gasteiger charge is 2.70. The maximum absolute atomic E-state index is 13.2. The van der Waals surface area contributed by atoms with E-state index in [0.29, 0.717) is 22.3 Å². The Morgan fingerprint density at radius 2 is 0.737 bits per heavy atom. The smallest absolute Gasteiger partial charge is 0.330 e. The van der Waals surface area contributed by atoms with Gasteiger partial charge in [-0.3, -0.25) is 57.9 Å². The van der Waals surface area contributed by atoms with Crippen LogP contribution < -0.4 is 0 Å². The van der Waals surface area contributed by atoms with E-state index in [9.17, 15) is 57.5 Å². The zero-order chi connectivity index (χ0) is 67.7. The van der Waals surface area contributed by atoms with Crippen molar-refractivity contribution in [2.75, 3.05) is 0 Å². The lowest BCUT2D eigenvalue weighted by Crippen LogP contribution is -2.75. The minimum Gasteiger partial charge on any atom is -0.459 e. The van der Waals surface area contributed by atoms with Crippen molar-refractivity contribution >= 4 is 128 Å². The van der Waals surface area contributed by atoms with Crippen LogP contribution in [-0.2, 0) is 62.8 Å². The number of alkyl halides is 1. The molecule has 0 bridgehead atoms. The van der Waals surface area contributed by atoms with Gasteiger partial charge in [0.05, 0.1) is 38.1 Å². The second kappa shape index (κ2) is 25.7. The Morgan fingerprint density at radius 1 is 0.453 bits per heavy atom. The molecule has 8 aliphatic rings. The quantitative estimate of drug-likeness (QED) is 0.0232. The standard InChI is InChI=1S/C23H20Cl2N2O5S.2C23H20N2O5S/c1-23(2,33-25)17(22(31)32-12-13-8-4-3-5-9-13)27-18(24)16(21(27)30)26-19(28)14-10-6-7-11-15(14)20(26)29;2*1-23(2)17(22(29)30-12-13-8-4-3-5-9-13)25-20(28)16(21(25)31-23)24-18(26)14-10-6-7-11-15(14)19(24)27/h3-11,16-18H,12H2,1-2H3;2*3-11,16-17,21H,12H2,1-2H3/t16-,17+,18?;16-,17-,21+;16-,17-,21-/m100/s1. The number of fused-ring (bicyclic) bond motifs is 5. The number of nitrogens with zero attached hydrogens (tertiary/aromatic N) is 6. The Balaban J connectivity index is 0.000000137. The third kappa shape index (κ3) is 11.5. The van der Waals surface area contributed by atoms with Gasteiger partial charge in [-0.25, -0.2) is 14.4 Å². The molecule has 0 aliphatic carbocycles. The number of hydrogen-bond donors (Lipinski definition) is 0. The van der Waals surface area contributed by atoms with E-state index in [1.807, 2.05) is 107 Å². The van der Waals surface area contributed by atoms with Gasteiger partial charge in [-0.2, -0.15) is 0 Å². The molecule has 5 fully saturated rings. The number of carbonyl (C=O) groups excluding carboxylic acids is 12. The highest BCUT2D eigenvalue weighted by molar-refractivity contribution is 8.22. The SMILES string of the molecule is CC(C)(SCl)[C@H](C(=O)OCc1ccccc1)N1C(=O)[C@H](N2C(=O)c3ccccc3C2=O)C1Cl.CC1(C)S[C@@H]2[C@@H](N3C(=O)c4ccccc4C3=O)C(=O)N2[C@H]1C(=O)OCc1ccccc1.CC1(C)S[C@H]2[C@@H](N3C(=O)c4ccccc4C3=O)C(=O)N2[C@H]1C(=O)OCc1ccccc1. The molecule has 488 valence electrons. The molecule has 21 nitrogen and oxygen atoms in total. The van der Waals surface area contributed by atoms with Gasteiger partial charge in [0.15, 0.2) is 6.04 Å². The van der Waals surface area contributed by atoms with Crippen molar-refractivity contribution in [2.45, 2.75) is 128 Å². The molecule has 95 heavy (non-hydrogen) atoms. The number of esters is 3. The van der Waals surface area contributed by atoms with E-state index in [0.717, 1.165) is 47.3 Å². The summed E-state index contributed by atoms with van der Waals surface area (Å²) in [6.07, 6.45) is 0. The van der Waals surface area contributed by atoms with Crippen LogP contribution in [0, 0.1) is 0 Å². The molecule has 8 aliphatic heterocycles. The van der Waals surface area contributed by atoms with Crippen molar-refractivity contribution in [3.63, 3.8) is 0 Å². The summed E-state index contributed by atoms with van der Waals surface area (Å²) in [4.78, 5) is 162. The number of carbonyl (C=O) groups is 12. The van der Waals surface area contributed by atoms with Gasteiger partial charge in [0.1, 0.15) is 66.3 Å². The van der Waals surface area contributed by atoms with Crippen LogP contribution >= 0.6 is 56.8 Å². The van der Waals surface area contributed by atoms with Gasteiger partial charge in [-0.05, 0) is 116 Å². The molecule has 9 atom stereocenters. The van der Waals surface area contributed by atoms with Crippen molar-refractivity contribution in [1.29, 1.82) is 0 Å². The number of amides is 9. The third-order valence-electron chi connectivity index (χ3n) is 17.6. The highest BCUT2D eigenvalue weighted by atomic mass is 35.7. The number of imide groups is 3. The van der Waals surface area contributed by atoms with Crippen LogP contribution in [-0.4, -0.2) is 167 Å². The van der Waals surface area contributed by atoms with E-state index in [1.165, 1.54) is 45.5 Å². The van der Waals surface area contributed by atoms with Crippen molar-refractivity contribution < 1.29 is 71.7 Å². The van der Waals surface area contributed by atoms with Crippen LogP contribution in [0.15, 0.2) is 164 Å². The average molecular weight is 1380 g/mol. The number of rotatable bonds is 15. The molecule has 0 radical (unpaired) electrons. The van der Waals surface area contributed by atoms with Gasteiger partial charge in [0.25, 0.3) is 53.2 Å². The summed E-state index contributed by atoms with van der Waals surface area (Å²) in [6.45, 7) is 11.1. The summed E-state index contributed by atoms with van der Waals surface area (Å²) in [5, 5.41) is -0.946. The van der Waals surface area contributed by atoms with Crippen molar-refractivity contribution in [3.05, 3.63) is 214 Å². The molecule has 5 saturated heterocycles. The molecule has 8 heterocycles. The Hall–Kier alpha value is -8.81. The Kier molecular flexibility index (Phi) is 17.9. The van der Waals surface area contributed by atoms with Gasteiger partial charge < -0.3 is 28.9 Å². The van der Waals surface area contributed by atoms with Gasteiger partial charge in [-0.1, -0.05) is 139 Å². The maximum atomic E-state index is 13.2. The third-order valence-corrected chi connectivity index (χ3v) is 23.0. The summed E-state index contributed by atoms with van der Waals surface area (Å²) in [6, 6.07) is 41.4. The number of ether oxygens (including phenoxy) is 3. The zero-order valence-corrected chi connectivity index (χ0v) is 55.7.